The molecular weight excluding hydrogens is 439 g/mol. The van der Waals surface area contributed by atoms with Crippen LogP contribution in [0.5, 0.6) is 0 Å². The molecule has 8 heteroatoms. The van der Waals surface area contributed by atoms with Gasteiger partial charge in [-0.2, -0.15) is 4.31 Å². The number of amides is 1. The SMILES string of the molecule is Cc1ccc(S(=O)(=O)N2Cc3ccccc3C[C@@H]2C(=O)Nc2ccc(F)cc2Cl)cc1. The highest BCUT2D eigenvalue weighted by Gasteiger charge is 2.39. The Labute approximate surface area is 185 Å². The lowest BCUT2D eigenvalue weighted by atomic mass is 9.95. The first-order chi connectivity index (χ1) is 14.8. The number of rotatable bonds is 4. The monoisotopic (exact) mass is 458 g/mol. The van der Waals surface area contributed by atoms with Gasteiger partial charge in [0.15, 0.2) is 0 Å². The van der Waals surface area contributed by atoms with Crippen molar-refractivity contribution in [2.75, 3.05) is 5.32 Å². The molecule has 31 heavy (non-hydrogen) atoms. The molecular formula is C23H20ClFN2O3S. The van der Waals surface area contributed by atoms with Gasteiger partial charge in [0.1, 0.15) is 11.9 Å². The Morgan fingerprint density at radius 3 is 2.42 bits per heavy atom. The van der Waals surface area contributed by atoms with Crippen molar-refractivity contribution in [3.63, 3.8) is 0 Å². The number of fused-ring (bicyclic) bond motifs is 1. The Balaban J connectivity index is 1.72. The normalized spacial score (nSPS) is 16.5. The third-order valence-corrected chi connectivity index (χ3v) is 7.51. The lowest BCUT2D eigenvalue weighted by Crippen LogP contribution is -2.50. The first kappa shape index (κ1) is 21.5. The van der Waals surface area contributed by atoms with Crippen LogP contribution in [0.1, 0.15) is 16.7 Å². The van der Waals surface area contributed by atoms with E-state index in [0.29, 0.717) is 0 Å². The van der Waals surface area contributed by atoms with Crippen LogP contribution < -0.4 is 5.32 Å². The van der Waals surface area contributed by atoms with Crippen LogP contribution in [0.2, 0.25) is 5.02 Å². The molecule has 0 fully saturated rings. The quantitative estimate of drug-likeness (QED) is 0.624. The Morgan fingerprint density at radius 2 is 1.74 bits per heavy atom. The average Bonchev–Trinajstić information content (AvgIpc) is 2.75. The largest absolute Gasteiger partial charge is 0.323 e. The second kappa shape index (κ2) is 8.42. The number of aryl methyl sites for hydroxylation is 1. The van der Waals surface area contributed by atoms with Gasteiger partial charge in [-0.05, 0) is 54.8 Å². The molecule has 0 bridgehead atoms. The van der Waals surface area contributed by atoms with Gasteiger partial charge in [-0.3, -0.25) is 4.79 Å². The highest BCUT2D eigenvalue weighted by molar-refractivity contribution is 7.89. The lowest BCUT2D eigenvalue weighted by Gasteiger charge is -2.35. The minimum absolute atomic E-state index is 0.0394. The second-order valence-corrected chi connectivity index (χ2v) is 9.76. The van der Waals surface area contributed by atoms with Gasteiger partial charge in [0.25, 0.3) is 0 Å². The van der Waals surface area contributed by atoms with Gasteiger partial charge in [0.2, 0.25) is 15.9 Å². The number of nitrogens with zero attached hydrogens (tertiary/aromatic N) is 1. The number of sulfonamides is 1. The fraction of sp³-hybridized carbons (Fsp3) is 0.174. The molecule has 0 radical (unpaired) electrons. The van der Waals surface area contributed by atoms with Crippen molar-refractivity contribution in [3.8, 4) is 0 Å². The van der Waals surface area contributed by atoms with E-state index in [2.05, 4.69) is 5.32 Å². The van der Waals surface area contributed by atoms with Crippen LogP contribution in [-0.2, 0) is 27.8 Å². The van der Waals surface area contributed by atoms with Crippen LogP contribution in [0.3, 0.4) is 0 Å². The van der Waals surface area contributed by atoms with Crippen LogP contribution in [0.25, 0.3) is 0 Å². The molecule has 4 rings (SSSR count). The number of halogens is 2. The van der Waals surface area contributed by atoms with Crippen molar-refractivity contribution in [2.24, 2.45) is 0 Å². The molecule has 3 aromatic carbocycles. The molecule has 0 unspecified atom stereocenters. The molecule has 1 aliphatic rings. The maximum Gasteiger partial charge on any atom is 0.244 e. The van der Waals surface area contributed by atoms with Crippen LogP contribution >= 0.6 is 11.6 Å². The van der Waals surface area contributed by atoms with E-state index in [4.69, 9.17) is 11.6 Å². The third kappa shape index (κ3) is 4.35. The predicted octanol–water partition coefficient (Wildman–Crippen LogP) is 4.54. The first-order valence-corrected chi connectivity index (χ1v) is 11.5. The zero-order valence-corrected chi connectivity index (χ0v) is 18.3. The lowest BCUT2D eigenvalue weighted by molar-refractivity contribution is -0.120. The van der Waals surface area contributed by atoms with Gasteiger partial charge in [-0.1, -0.05) is 53.6 Å². The van der Waals surface area contributed by atoms with Crippen LogP contribution in [0, 0.1) is 12.7 Å². The third-order valence-electron chi connectivity index (χ3n) is 5.32. The Hall–Kier alpha value is -2.74. The van der Waals surface area contributed by atoms with Gasteiger partial charge >= 0.3 is 0 Å². The molecule has 0 aliphatic carbocycles. The number of benzene rings is 3. The Kier molecular flexibility index (Phi) is 5.83. The van der Waals surface area contributed by atoms with Crippen molar-refractivity contribution in [3.05, 3.63) is 94.3 Å². The highest BCUT2D eigenvalue weighted by atomic mass is 35.5. The number of nitrogens with one attached hydrogen (secondary N) is 1. The number of hydrogen-bond acceptors (Lipinski definition) is 3. The number of anilines is 1. The van der Waals surface area contributed by atoms with Gasteiger partial charge < -0.3 is 5.32 Å². The zero-order valence-electron chi connectivity index (χ0n) is 16.7. The molecule has 1 heterocycles. The van der Waals surface area contributed by atoms with E-state index < -0.39 is 27.8 Å². The fourth-order valence-corrected chi connectivity index (χ4v) is 5.41. The summed E-state index contributed by atoms with van der Waals surface area (Å²) in [6.45, 7) is 1.94. The Morgan fingerprint density at radius 1 is 1.06 bits per heavy atom. The van der Waals surface area contributed by atoms with Crippen molar-refractivity contribution in [2.45, 2.75) is 30.8 Å². The average molecular weight is 459 g/mol. The van der Waals surface area contributed by atoms with E-state index in [1.165, 1.54) is 28.6 Å². The van der Waals surface area contributed by atoms with Gasteiger partial charge in [-0.25, -0.2) is 12.8 Å². The topological polar surface area (TPSA) is 66.5 Å². The summed E-state index contributed by atoms with van der Waals surface area (Å²) in [6.07, 6.45) is 0.214. The van der Waals surface area contributed by atoms with E-state index >= 15 is 0 Å². The van der Waals surface area contributed by atoms with Gasteiger partial charge in [0.05, 0.1) is 15.6 Å². The number of hydrogen-bond donors (Lipinski definition) is 1. The second-order valence-electron chi connectivity index (χ2n) is 7.47. The van der Waals surface area contributed by atoms with Crippen LogP contribution in [0.15, 0.2) is 71.6 Å². The van der Waals surface area contributed by atoms with Crippen molar-refractivity contribution in [1.29, 1.82) is 0 Å². The fourth-order valence-electron chi connectivity index (χ4n) is 3.63. The maximum atomic E-state index is 13.5. The molecule has 0 saturated heterocycles. The van der Waals surface area contributed by atoms with E-state index in [0.717, 1.165) is 22.8 Å². The summed E-state index contributed by atoms with van der Waals surface area (Å²) >= 11 is 6.04. The summed E-state index contributed by atoms with van der Waals surface area (Å²) < 4.78 is 41.5. The molecule has 1 amide bonds. The summed E-state index contributed by atoms with van der Waals surface area (Å²) in [6, 6.07) is 16.6. The van der Waals surface area contributed by atoms with Crippen molar-refractivity contribution < 1.29 is 17.6 Å². The van der Waals surface area contributed by atoms with E-state index in [1.54, 1.807) is 12.1 Å². The standard InChI is InChI=1S/C23H20ClFN2O3S/c1-15-6-9-19(10-7-15)31(29,30)27-14-17-5-3-2-4-16(17)12-22(27)23(28)26-21-11-8-18(25)13-20(21)24/h2-11,13,22H,12,14H2,1H3,(H,26,28)/t22-/m1/s1. The first-order valence-electron chi connectivity index (χ1n) is 9.67. The van der Waals surface area contributed by atoms with Gasteiger partial charge in [0, 0.05) is 6.54 Å². The number of carbonyl (C=O) groups is 1. The Bertz CT molecular complexity index is 1250. The zero-order chi connectivity index (χ0) is 22.2. The maximum absolute atomic E-state index is 13.5. The molecule has 0 aromatic heterocycles. The number of carbonyl (C=O) groups excluding carboxylic acids is 1. The smallest absolute Gasteiger partial charge is 0.244 e. The van der Waals surface area contributed by atoms with Crippen molar-refractivity contribution >= 4 is 33.2 Å². The summed E-state index contributed by atoms with van der Waals surface area (Å²) in [5.41, 5.74) is 2.91. The highest BCUT2D eigenvalue weighted by Crippen LogP contribution is 2.31. The summed E-state index contributed by atoms with van der Waals surface area (Å²) in [5.74, 6) is -1.06. The van der Waals surface area contributed by atoms with Gasteiger partial charge in [-0.15, -0.1) is 0 Å². The van der Waals surface area contributed by atoms with E-state index in [9.17, 15) is 17.6 Å². The van der Waals surface area contributed by atoms with Crippen LogP contribution in [-0.4, -0.2) is 24.7 Å². The van der Waals surface area contributed by atoms with Crippen LogP contribution in [0.4, 0.5) is 10.1 Å². The minimum atomic E-state index is -3.95. The molecule has 5 nitrogen and oxygen atoms in total. The predicted molar refractivity (Wildman–Crippen MR) is 118 cm³/mol. The summed E-state index contributed by atoms with van der Waals surface area (Å²) in [7, 11) is -3.95. The van der Waals surface area contributed by atoms with E-state index in [-0.39, 0.29) is 28.6 Å². The summed E-state index contributed by atoms with van der Waals surface area (Å²) in [5, 5.41) is 2.70. The molecule has 160 valence electrons. The minimum Gasteiger partial charge on any atom is -0.323 e. The van der Waals surface area contributed by atoms with Crippen molar-refractivity contribution in [1.82, 2.24) is 4.31 Å². The molecule has 0 spiro atoms. The molecule has 0 saturated carbocycles. The summed E-state index contributed by atoms with van der Waals surface area (Å²) in [4.78, 5) is 13.3. The molecule has 1 atom stereocenters. The van der Waals surface area contributed by atoms with E-state index in [1.807, 2.05) is 31.2 Å². The molecule has 1 N–H and O–H groups in total. The molecule has 3 aromatic rings. The molecule has 1 aliphatic heterocycles.